The molecule has 1 aliphatic rings. The van der Waals surface area contributed by atoms with E-state index in [2.05, 4.69) is 10.2 Å². The van der Waals surface area contributed by atoms with E-state index < -0.39 is 0 Å². The average molecular weight is 246 g/mol. The van der Waals surface area contributed by atoms with E-state index in [-0.39, 0.29) is 0 Å². The van der Waals surface area contributed by atoms with E-state index >= 15 is 0 Å². The van der Waals surface area contributed by atoms with Crippen molar-refractivity contribution in [2.75, 3.05) is 67.3 Å². The van der Waals surface area contributed by atoms with Crippen LogP contribution in [0.4, 0.5) is 0 Å². The van der Waals surface area contributed by atoms with Crippen LogP contribution in [0.2, 0.25) is 0 Å². The van der Waals surface area contributed by atoms with E-state index in [1.165, 1.54) is 0 Å². The van der Waals surface area contributed by atoms with Gasteiger partial charge in [0.2, 0.25) is 0 Å². The molecule has 0 saturated carbocycles. The molecule has 0 aliphatic carbocycles. The van der Waals surface area contributed by atoms with Gasteiger partial charge in [-0.05, 0) is 7.05 Å². The first-order chi connectivity index (χ1) is 8.31. The van der Waals surface area contributed by atoms with Gasteiger partial charge in [-0.2, -0.15) is 0 Å². The monoisotopic (exact) mass is 246 g/mol. The van der Waals surface area contributed by atoms with Crippen LogP contribution in [0.5, 0.6) is 0 Å². The molecule has 2 atom stereocenters. The Bertz CT molecular complexity index is 185. The van der Waals surface area contributed by atoms with Crippen molar-refractivity contribution >= 4 is 0 Å². The minimum atomic E-state index is 0.475. The summed E-state index contributed by atoms with van der Waals surface area (Å²) in [5, 5.41) is 3.32. The van der Waals surface area contributed by atoms with Crippen LogP contribution < -0.4 is 5.32 Å². The highest BCUT2D eigenvalue weighted by atomic mass is 16.5. The number of likely N-dealkylation sites (N-methyl/N-ethyl adjacent to an activating group) is 1. The van der Waals surface area contributed by atoms with Gasteiger partial charge in [0.25, 0.3) is 0 Å². The molecule has 102 valence electrons. The zero-order valence-electron chi connectivity index (χ0n) is 11.3. The number of hydrogen-bond acceptors (Lipinski definition) is 5. The van der Waals surface area contributed by atoms with E-state index in [1.54, 1.807) is 14.2 Å². The Hall–Kier alpha value is -0.200. The molecule has 1 rings (SSSR count). The van der Waals surface area contributed by atoms with Crippen LogP contribution in [0.15, 0.2) is 0 Å². The molecule has 0 aromatic carbocycles. The Morgan fingerprint density at radius 2 is 1.82 bits per heavy atom. The Morgan fingerprint density at radius 3 is 2.35 bits per heavy atom. The fourth-order valence-electron chi connectivity index (χ4n) is 2.16. The first-order valence-corrected chi connectivity index (χ1v) is 6.27. The Morgan fingerprint density at radius 1 is 1.18 bits per heavy atom. The lowest BCUT2D eigenvalue weighted by atomic mass is 10.0. The summed E-state index contributed by atoms with van der Waals surface area (Å²) in [7, 11) is 5.48. The second-order valence-electron chi connectivity index (χ2n) is 4.48. The van der Waals surface area contributed by atoms with Crippen LogP contribution in [-0.2, 0) is 14.2 Å². The van der Waals surface area contributed by atoms with Crippen molar-refractivity contribution in [2.24, 2.45) is 5.92 Å². The third-order valence-electron chi connectivity index (χ3n) is 3.29. The quantitative estimate of drug-likeness (QED) is 0.611. The molecule has 0 amide bonds. The predicted octanol–water partition coefficient (Wildman–Crippen LogP) is -0.184. The molecule has 0 spiro atoms. The first kappa shape index (κ1) is 14.9. The maximum atomic E-state index is 5.52. The number of rotatable bonds is 9. The standard InChI is InChI=1S/C12H26N2O3/c1-13-12-10-17-9-11(12)8-14(4-6-15-2)5-7-16-3/h11-13H,4-10H2,1-3H3. The molecule has 0 aromatic rings. The van der Waals surface area contributed by atoms with Crippen molar-refractivity contribution in [3.05, 3.63) is 0 Å². The van der Waals surface area contributed by atoms with Crippen LogP contribution in [0, 0.1) is 5.92 Å². The summed E-state index contributed by atoms with van der Waals surface area (Å²) in [6, 6.07) is 0.475. The van der Waals surface area contributed by atoms with E-state index in [1.807, 2.05) is 7.05 Å². The maximum absolute atomic E-state index is 5.52. The number of ether oxygens (including phenoxy) is 3. The summed E-state index contributed by atoms with van der Waals surface area (Å²) in [6.45, 7) is 6.15. The van der Waals surface area contributed by atoms with Crippen LogP contribution in [0.25, 0.3) is 0 Å². The minimum absolute atomic E-state index is 0.475. The summed E-state index contributed by atoms with van der Waals surface area (Å²) >= 11 is 0. The van der Waals surface area contributed by atoms with Gasteiger partial charge in [0.15, 0.2) is 0 Å². The van der Waals surface area contributed by atoms with Crippen LogP contribution in [-0.4, -0.2) is 78.3 Å². The molecule has 17 heavy (non-hydrogen) atoms. The highest BCUT2D eigenvalue weighted by Crippen LogP contribution is 2.14. The summed E-state index contributed by atoms with van der Waals surface area (Å²) < 4.78 is 15.8. The lowest BCUT2D eigenvalue weighted by Crippen LogP contribution is -2.42. The number of nitrogens with one attached hydrogen (secondary N) is 1. The molecule has 1 saturated heterocycles. The molecule has 1 fully saturated rings. The third-order valence-corrected chi connectivity index (χ3v) is 3.29. The Labute approximate surface area is 104 Å². The van der Waals surface area contributed by atoms with Gasteiger partial charge in [0, 0.05) is 45.8 Å². The smallest absolute Gasteiger partial charge is 0.0623 e. The maximum Gasteiger partial charge on any atom is 0.0623 e. The van der Waals surface area contributed by atoms with Gasteiger partial charge >= 0.3 is 0 Å². The second-order valence-corrected chi connectivity index (χ2v) is 4.48. The molecule has 2 unspecified atom stereocenters. The van der Waals surface area contributed by atoms with Gasteiger partial charge in [-0.15, -0.1) is 0 Å². The fourth-order valence-corrected chi connectivity index (χ4v) is 2.16. The van der Waals surface area contributed by atoms with Crippen molar-refractivity contribution in [3.63, 3.8) is 0 Å². The van der Waals surface area contributed by atoms with Gasteiger partial charge in [-0.1, -0.05) is 0 Å². The molecule has 0 radical (unpaired) electrons. The van der Waals surface area contributed by atoms with Gasteiger partial charge in [0.05, 0.1) is 26.4 Å². The van der Waals surface area contributed by atoms with E-state index in [9.17, 15) is 0 Å². The largest absolute Gasteiger partial charge is 0.383 e. The van der Waals surface area contributed by atoms with Crippen molar-refractivity contribution in [1.82, 2.24) is 10.2 Å². The van der Waals surface area contributed by atoms with Crippen LogP contribution >= 0.6 is 0 Å². The minimum Gasteiger partial charge on any atom is -0.383 e. The van der Waals surface area contributed by atoms with Gasteiger partial charge in [-0.25, -0.2) is 0 Å². The van der Waals surface area contributed by atoms with Crippen molar-refractivity contribution in [1.29, 1.82) is 0 Å². The number of methoxy groups -OCH3 is 2. The van der Waals surface area contributed by atoms with Gasteiger partial charge in [0.1, 0.15) is 0 Å². The van der Waals surface area contributed by atoms with Crippen molar-refractivity contribution in [3.8, 4) is 0 Å². The molecule has 0 bridgehead atoms. The topological polar surface area (TPSA) is 43.0 Å². The fraction of sp³-hybridized carbons (Fsp3) is 1.00. The summed E-state index contributed by atoms with van der Waals surface area (Å²) in [5.74, 6) is 0.564. The summed E-state index contributed by atoms with van der Waals surface area (Å²) in [4.78, 5) is 2.39. The zero-order chi connectivity index (χ0) is 12.5. The van der Waals surface area contributed by atoms with Crippen molar-refractivity contribution in [2.45, 2.75) is 6.04 Å². The number of nitrogens with zero attached hydrogens (tertiary/aromatic N) is 1. The molecule has 5 heteroatoms. The van der Waals surface area contributed by atoms with Gasteiger partial charge in [-0.3, -0.25) is 4.90 Å². The molecule has 5 nitrogen and oxygen atoms in total. The normalized spacial score (nSPS) is 24.7. The zero-order valence-corrected chi connectivity index (χ0v) is 11.3. The average Bonchev–Trinajstić information content (AvgIpc) is 2.79. The van der Waals surface area contributed by atoms with Crippen LogP contribution in [0.3, 0.4) is 0 Å². The summed E-state index contributed by atoms with van der Waals surface area (Å²) in [6.07, 6.45) is 0. The Balaban J connectivity index is 2.34. The van der Waals surface area contributed by atoms with Crippen molar-refractivity contribution < 1.29 is 14.2 Å². The lowest BCUT2D eigenvalue weighted by Gasteiger charge is -2.27. The number of hydrogen-bond donors (Lipinski definition) is 1. The van der Waals surface area contributed by atoms with E-state index in [4.69, 9.17) is 14.2 Å². The molecule has 1 aliphatic heterocycles. The molecular formula is C12H26N2O3. The van der Waals surface area contributed by atoms with Crippen LogP contribution in [0.1, 0.15) is 0 Å². The highest BCUT2D eigenvalue weighted by Gasteiger charge is 2.28. The van der Waals surface area contributed by atoms with Gasteiger partial charge < -0.3 is 19.5 Å². The molecule has 1 N–H and O–H groups in total. The molecule has 1 heterocycles. The second kappa shape index (κ2) is 8.83. The molecular weight excluding hydrogens is 220 g/mol. The SMILES string of the molecule is CNC1COCC1CN(CCOC)CCOC. The third kappa shape index (κ3) is 5.31. The summed E-state index contributed by atoms with van der Waals surface area (Å²) in [5.41, 5.74) is 0. The lowest BCUT2D eigenvalue weighted by molar-refractivity contribution is 0.0982. The highest BCUT2D eigenvalue weighted by molar-refractivity contribution is 4.82. The predicted molar refractivity (Wildman–Crippen MR) is 67.3 cm³/mol. The Kier molecular flexibility index (Phi) is 7.72. The molecule has 0 aromatic heterocycles. The first-order valence-electron chi connectivity index (χ1n) is 6.27. The van der Waals surface area contributed by atoms with E-state index in [0.29, 0.717) is 12.0 Å². The van der Waals surface area contributed by atoms with E-state index in [0.717, 1.165) is 46.1 Å².